The number of aromatic nitrogens is 2. The van der Waals surface area contributed by atoms with Gasteiger partial charge in [-0.25, -0.2) is 4.99 Å². The molecular weight excluding hydrogens is 377 g/mol. The second kappa shape index (κ2) is 8.67. The van der Waals surface area contributed by atoms with Crippen LogP contribution in [0.4, 0.5) is 9.70 Å². The molecule has 0 aliphatic heterocycles. The van der Waals surface area contributed by atoms with Gasteiger partial charge in [-0.05, 0) is 36.3 Å². The van der Waals surface area contributed by atoms with Crippen LogP contribution in [-0.2, 0) is 0 Å². The smallest absolute Gasteiger partial charge is 0.189 e. The highest BCUT2D eigenvalue weighted by Gasteiger charge is 2.18. The van der Waals surface area contributed by atoms with Crippen molar-refractivity contribution in [3.63, 3.8) is 0 Å². The molecule has 1 heterocycles. The molecule has 0 amide bonds. The normalized spacial score (nSPS) is 11.0. The van der Waals surface area contributed by atoms with E-state index in [-0.39, 0.29) is 12.3 Å². The molecule has 2 aromatic carbocycles. The maximum Gasteiger partial charge on any atom is 0.189 e. The number of halogens is 1. The molecule has 0 fully saturated rings. The Balaban J connectivity index is 1.98. The van der Waals surface area contributed by atoms with Gasteiger partial charge in [-0.1, -0.05) is 36.9 Å². The van der Waals surface area contributed by atoms with Crippen molar-refractivity contribution in [1.82, 2.24) is 9.19 Å². The minimum atomic E-state index is -0.0329. The number of methoxy groups -OCH3 is 1. The number of para-hydroxylation sites is 1. The number of carbonyl (C=O) groups is 1. The molecule has 3 aromatic rings. The van der Waals surface area contributed by atoms with Gasteiger partial charge in [-0.3, -0.25) is 4.79 Å². The van der Waals surface area contributed by atoms with E-state index in [0.29, 0.717) is 34.0 Å². The lowest BCUT2D eigenvalue weighted by atomic mass is 10.1. The third-order valence-electron chi connectivity index (χ3n) is 4.23. The van der Waals surface area contributed by atoms with E-state index in [9.17, 15) is 8.68 Å². The second-order valence-electron chi connectivity index (χ2n) is 5.97. The lowest BCUT2D eigenvalue weighted by molar-refractivity contribution is 0.112. The number of nitrogens with zero attached hydrogens (tertiary/aromatic N) is 3. The Morgan fingerprint density at radius 1 is 1.29 bits per heavy atom. The van der Waals surface area contributed by atoms with Crippen LogP contribution >= 0.6 is 12.3 Å². The van der Waals surface area contributed by atoms with Crippen LogP contribution in [0.25, 0.3) is 16.8 Å². The number of allylic oxidation sites excluding steroid dienone is 1. The Kier molecular flexibility index (Phi) is 6.06. The fourth-order valence-electron chi connectivity index (χ4n) is 2.78. The van der Waals surface area contributed by atoms with Crippen molar-refractivity contribution in [2.75, 3.05) is 7.11 Å². The summed E-state index contributed by atoms with van der Waals surface area (Å²) in [4.78, 5) is 15.3. The third-order valence-corrected chi connectivity index (χ3v) is 4.61. The molecule has 0 aliphatic rings. The fraction of sp³-hybridized carbons (Fsp3) is 0.0952. The largest absolute Gasteiger partial charge is 0.496 e. The number of hydrogen-bond acceptors (Lipinski definition) is 5. The lowest BCUT2D eigenvalue weighted by Crippen LogP contribution is -1.90. The fourth-order valence-corrected chi connectivity index (χ4v) is 3.14. The van der Waals surface area contributed by atoms with E-state index in [1.54, 1.807) is 25.3 Å². The van der Waals surface area contributed by atoms with Crippen molar-refractivity contribution in [3.8, 4) is 17.0 Å². The second-order valence-corrected chi connectivity index (χ2v) is 6.45. The molecule has 3 rings (SSSR count). The van der Waals surface area contributed by atoms with Gasteiger partial charge in [-0.2, -0.15) is 9.19 Å². The summed E-state index contributed by atoms with van der Waals surface area (Å²) >= 11 is -0.0329. The standard InChI is InChI=1S/C21H18FN3O2S/c1-14(17-8-6-7-16(11-17)13-26)12-23-21-15(2)20(24-25(21)28-22)18-9-4-5-10-19(18)27-3/h4-13H,1H2,2-3H3/b23-12-. The summed E-state index contributed by atoms with van der Waals surface area (Å²) in [6.45, 7) is 5.80. The number of carbonyl (C=O) groups excluding carboxylic acids is 1. The van der Waals surface area contributed by atoms with Gasteiger partial charge in [0.05, 0.1) is 7.11 Å². The van der Waals surface area contributed by atoms with Crippen LogP contribution in [0.5, 0.6) is 5.75 Å². The lowest BCUT2D eigenvalue weighted by Gasteiger charge is -2.06. The van der Waals surface area contributed by atoms with Crippen LogP contribution in [0, 0.1) is 6.92 Å². The molecule has 5 nitrogen and oxygen atoms in total. The maximum absolute atomic E-state index is 13.5. The monoisotopic (exact) mass is 395 g/mol. The predicted molar refractivity (Wildman–Crippen MR) is 112 cm³/mol. The number of aldehydes is 1. The first-order valence-corrected chi connectivity index (χ1v) is 9.07. The average Bonchev–Trinajstić information content (AvgIpc) is 3.07. The number of rotatable bonds is 7. The van der Waals surface area contributed by atoms with Crippen LogP contribution in [0.15, 0.2) is 60.1 Å². The number of ether oxygens (including phenoxy) is 1. The van der Waals surface area contributed by atoms with Crippen molar-refractivity contribution >= 4 is 36.2 Å². The summed E-state index contributed by atoms with van der Waals surface area (Å²) in [6, 6.07) is 14.4. The Morgan fingerprint density at radius 3 is 2.79 bits per heavy atom. The van der Waals surface area contributed by atoms with Gasteiger partial charge in [0.15, 0.2) is 18.2 Å². The molecule has 0 unspecified atom stereocenters. The minimum absolute atomic E-state index is 0.0329. The molecule has 7 heteroatoms. The summed E-state index contributed by atoms with van der Waals surface area (Å²) in [7, 11) is 1.57. The molecule has 0 atom stereocenters. The van der Waals surface area contributed by atoms with E-state index in [2.05, 4.69) is 16.7 Å². The molecule has 0 saturated carbocycles. The molecule has 1 aromatic heterocycles. The number of hydrogen-bond donors (Lipinski definition) is 0. The summed E-state index contributed by atoms with van der Waals surface area (Å²) < 4.78 is 20.0. The van der Waals surface area contributed by atoms with E-state index < -0.39 is 0 Å². The summed E-state index contributed by atoms with van der Waals surface area (Å²) in [5.74, 6) is 1.01. The first kappa shape index (κ1) is 19.6. The molecule has 0 aliphatic carbocycles. The van der Waals surface area contributed by atoms with Gasteiger partial charge in [0.2, 0.25) is 0 Å². The van der Waals surface area contributed by atoms with Crippen LogP contribution in [0.2, 0.25) is 0 Å². The highest BCUT2D eigenvalue weighted by Crippen LogP contribution is 2.37. The van der Waals surface area contributed by atoms with E-state index >= 15 is 0 Å². The Labute approximate surface area is 167 Å². The average molecular weight is 395 g/mol. The molecule has 142 valence electrons. The van der Waals surface area contributed by atoms with Gasteiger partial charge in [-0.15, -0.1) is 3.89 Å². The van der Waals surface area contributed by atoms with Gasteiger partial charge in [0, 0.05) is 22.9 Å². The van der Waals surface area contributed by atoms with Crippen molar-refractivity contribution in [2.24, 2.45) is 4.99 Å². The molecule has 0 N–H and O–H groups in total. The van der Waals surface area contributed by atoms with Crippen LogP contribution in [0.1, 0.15) is 21.5 Å². The predicted octanol–water partition coefficient (Wildman–Crippen LogP) is 5.48. The molecule has 0 saturated heterocycles. The quantitative estimate of drug-likeness (QED) is 0.393. The molecule has 0 radical (unpaired) electrons. The third kappa shape index (κ3) is 3.89. The van der Waals surface area contributed by atoms with Gasteiger partial charge >= 0.3 is 0 Å². The Morgan fingerprint density at radius 2 is 2.07 bits per heavy atom. The number of aliphatic imine (C=N–C) groups is 1. The van der Waals surface area contributed by atoms with E-state index in [4.69, 9.17) is 4.74 Å². The van der Waals surface area contributed by atoms with Crippen LogP contribution < -0.4 is 4.74 Å². The zero-order valence-corrected chi connectivity index (χ0v) is 16.2. The number of benzene rings is 2. The Bertz CT molecular complexity index is 1060. The van der Waals surface area contributed by atoms with E-state index in [1.807, 2.05) is 37.3 Å². The van der Waals surface area contributed by atoms with Crippen molar-refractivity contribution in [1.29, 1.82) is 0 Å². The van der Waals surface area contributed by atoms with E-state index in [0.717, 1.165) is 21.5 Å². The minimum Gasteiger partial charge on any atom is -0.496 e. The van der Waals surface area contributed by atoms with Gasteiger partial charge in [0.1, 0.15) is 17.7 Å². The summed E-state index contributed by atoms with van der Waals surface area (Å²) in [5.41, 5.74) is 3.95. The highest BCUT2D eigenvalue weighted by molar-refractivity contribution is 7.92. The molecule has 28 heavy (non-hydrogen) atoms. The molecule has 0 bridgehead atoms. The summed E-state index contributed by atoms with van der Waals surface area (Å²) in [6.07, 6.45) is 2.30. The van der Waals surface area contributed by atoms with Crippen molar-refractivity contribution < 1.29 is 13.4 Å². The van der Waals surface area contributed by atoms with Crippen molar-refractivity contribution in [2.45, 2.75) is 6.92 Å². The highest BCUT2D eigenvalue weighted by atomic mass is 32.2. The van der Waals surface area contributed by atoms with Gasteiger partial charge < -0.3 is 4.74 Å². The van der Waals surface area contributed by atoms with Crippen LogP contribution in [-0.4, -0.2) is 28.8 Å². The summed E-state index contributed by atoms with van der Waals surface area (Å²) in [5, 5.41) is 4.32. The van der Waals surface area contributed by atoms with Gasteiger partial charge in [0.25, 0.3) is 0 Å². The molecule has 0 spiro atoms. The Hall–Kier alpha value is -3.19. The topological polar surface area (TPSA) is 56.5 Å². The SMILES string of the molecule is C=C(/C=N\c1c(C)c(-c2ccccc2OC)nn1SF)c1cccc(C=O)c1. The van der Waals surface area contributed by atoms with Crippen LogP contribution in [0.3, 0.4) is 0 Å². The van der Waals surface area contributed by atoms with E-state index in [1.165, 1.54) is 6.21 Å². The first-order valence-electron chi connectivity index (χ1n) is 8.39. The first-order chi connectivity index (χ1) is 13.6. The van der Waals surface area contributed by atoms with Crippen molar-refractivity contribution in [3.05, 3.63) is 71.8 Å². The maximum atomic E-state index is 13.5. The molecular formula is C21H18FN3O2S. The zero-order valence-electron chi connectivity index (χ0n) is 15.4. The zero-order chi connectivity index (χ0) is 20.1.